The van der Waals surface area contributed by atoms with Gasteiger partial charge >= 0.3 is 5.97 Å². The van der Waals surface area contributed by atoms with Crippen LogP contribution in [0.1, 0.15) is 24.8 Å². The van der Waals surface area contributed by atoms with Crippen molar-refractivity contribution in [2.24, 2.45) is 5.10 Å². The molecule has 0 atom stereocenters. The summed E-state index contributed by atoms with van der Waals surface area (Å²) in [4.78, 5) is 24.0. The molecule has 1 saturated heterocycles. The molecule has 2 aliphatic heterocycles. The number of aliphatic carboxylic acids is 1. The van der Waals surface area contributed by atoms with E-state index < -0.39 is 11.5 Å². The lowest BCUT2D eigenvalue weighted by Crippen LogP contribution is -2.56. The quantitative estimate of drug-likeness (QED) is 0.908. The van der Waals surface area contributed by atoms with E-state index in [1.165, 1.54) is 5.01 Å². The SMILES string of the molecule is O=C1CC(c2ccccc2)=NN1C1(C(=O)O)CCOCC1. The van der Waals surface area contributed by atoms with E-state index in [0.717, 1.165) is 5.56 Å². The average molecular weight is 288 g/mol. The Morgan fingerprint density at radius 1 is 1.24 bits per heavy atom. The molecule has 0 radical (unpaired) electrons. The summed E-state index contributed by atoms with van der Waals surface area (Å²) in [5, 5.41) is 15.1. The van der Waals surface area contributed by atoms with Crippen LogP contribution in [0, 0.1) is 0 Å². The number of carboxylic acid groups (broad SMARTS) is 1. The van der Waals surface area contributed by atoms with Gasteiger partial charge in [0.25, 0.3) is 0 Å². The van der Waals surface area contributed by atoms with Gasteiger partial charge in [0.1, 0.15) is 0 Å². The van der Waals surface area contributed by atoms with Crippen LogP contribution < -0.4 is 0 Å². The van der Waals surface area contributed by atoms with Crippen LogP contribution >= 0.6 is 0 Å². The van der Waals surface area contributed by atoms with Gasteiger partial charge in [0.05, 0.1) is 12.1 Å². The number of carbonyl (C=O) groups excluding carboxylic acids is 1. The number of benzene rings is 1. The minimum absolute atomic E-state index is 0.139. The Morgan fingerprint density at radius 2 is 1.90 bits per heavy atom. The summed E-state index contributed by atoms with van der Waals surface area (Å²) in [7, 11) is 0. The van der Waals surface area contributed by atoms with Gasteiger partial charge in [0.15, 0.2) is 5.54 Å². The van der Waals surface area contributed by atoms with E-state index in [1.54, 1.807) is 0 Å². The Hall–Kier alpha value is -2.21. The summed E-state index contributed by atoms with van der Waals surface area (Å²) in [6, 6.07) is 9.36. The number of amides is 1. The average Bonchev–Trinajstić information content (AvgIpc) is 2.91. The molecule has 110 valence electrons. The molecule has 0 unspecified atom stereocenters. The number of nitrogens with zero attached hydrogens (tertiary/aromatic N) is 2. The van der Waals surface area contributed by atoms with Crippen molar-refractivity contribution in [3.8, 4) is 0 Å². The van der Waals surface area contributed by atoms with E-state index in [2.05, 4.69) is 5.10 Å². The molecule has 2 heterocycles. The lowest BCUT2D eigenvalue weighted by atomic mass is 9.89. The molecule has 1 fully saturated rings. The van der Waals surface area contributed by atoms with Gasteiger partial charge in [-0.05, 0) is 5.56 Å². The Morgan fingerprint density at radius 3 is 2.52 bits per heavy atom. The van der Waals surface area contributed by atoms with E-state index in [4.69, 9.17) is 4.74 Å². The van der Waals surface area contributed by atoms with E-state index in [-0.39, 0.29) is 25.2 Å². The summed E-state index contributed by atoms with van der Waals surface area (Å²) >= 11 is 0. The molecule has 2 aliphatic rings. The Balaban J connectivity index is 1.95. The number of carboxylic acids is 1. The van der Waals surface area contributed by atoms with Crippen molar-refractivity contribution in [1.82, 2.24) is 5.01 Å². The Labute approximate surface area is 122 Å². The molecular weight excluding hydrogens is 272 g/mol. The first-order valence-corrected chi connectivity index (χ1v) is 6.90. The molecule has 1 amide bonds. The lowest BCUT2D eigenvalue weighted by molar-refractivity contribution is -0.165. The molecule has 0 bridgehead atoms. The second kappa shape index (κ2) is 5.29. The lowest BCUT2D eigenvalue weighted by Gasteiger charge is -2.37. The molecule has 1 aromatic carbocycles. The molecule has 6 heteroatoms. The standard InChI is InChI=1S/C15H16N2O4/c18-13-10-12(11-4-2-1-3-5-11)16-17(13)15(14(19)20)6-8-21-9-7-15/h1-5H,6-10H2,(H,19,20). The van der Waals surface area contributed by atoms with Gasteiger partial charge in [0, 0.05) is 26.1 Å². The highest BCUT2D eigenvalue weighted by molar-refractivity contribution is 6.14. The zero-order valence-electron chi connectivity index (χ0n) is 11.5. The molecule has 1 N–H and O–H groups in total. The molecular formula is C15H16N2O4. The van der Waals surface area contributed by atoms with Gasteiger partial charge in [-0.3, -0.25) is 4.79 Å². The van der Waals surface area contributed by atoms with Crippen LogP contribution in [0.15, 0.2) is 35.4 Å². The van der Waals surface area contributed by atoms with Gasteiger partial charge in [-0.25, -0.2) is 9.80 Å². The molecule has 1 aromatic rings. The molecule has 0 saturated carbocycles. The molecule has 3 rings (SSSR count). The van der Waals surface area contributed by atoms with Crippen molar-refractivity contribution in [2.45, 2.75) is 24.8 Å². The first-order valence-electron chi connectivity index (χ1n) is 6.90. The van der Waals surface area contributed by atoms with Gasteiger partial charge in [-0.1, -0.05) is 30.3 Å². The second-order valence-electron chi connectivity index (χ2n) is 5.24. The molecule has 0 aliphatic carbocycles. The van der Waals surface area contributed by atoms with E-state index in [0.29, 0.717) is 18.9 Å². The minimum atomic E-state index is -1.27. The van der Waals surface area contributed by atoms with E-state index in [9.17, 15) is 14.7 Å². The van der Waals surface area contributed by atoms with Crippen LogP contribution in [0.25, 0.3) is 0 Å². The highest BCUT2D eigenvalue weighted by atomic mass is 16.5. The summed E-state index contributed by atoms with van der Waals surface area (Å²) in [5.41, 5.74) is 0.194. The zero-order valence-corrected chi connectivity index (χ0v) is 11.5. The number of carbonyl (C=O) groups is 2. The number of hydrazone groups is 1. The predicted molar refractivity (Wildman–Crippen MR) is 74.9 cm³/mol. The third kappa shape index (κ3) is 2.31. The van der Waals surface area contributed by atoms with Crippen LogP contribution in [-0.4, -0.2) is 46.5 Å². The van der Waals surface area contributed by atoms with Gasteiger partial charge in [0.2, 0.25) is 5.91 Å². The van der Waals surface area contributed by atoms with Gasteiger partial charge < -0.3 is 9.84 Å². The van der Waals surface area contributed by atoms with Crippen LogP contribution in [-0.2, 0) is 14.3 Å². The largest absolute Gasteiger partial charge is 0.479 e. The Bertz CT molecular complexity index is 591. The maximum absolute atomic E-state index is 12.3. The van der Waals surface area contributed by atoms with E-state index in [1.807, 2.05) is 30.3 Å². The fourth-order valence-electron chi connectivity index (χ4n) is 2.78. The van der Waals surface area contributed by atoms with Crippen LogP contribution in [0.5, 0.6) is 0 Å². The number of ether oxygens (including phenoxy) is 1. The first-order chi connectivity index (χ1) is 10.1. The van der Waals surface area contributed by atoms with Crippen LogP contribution in [0.2, 0.25) is 0 Å². The smallest absolute Gasteiger partial charge is 0.331 e. The topological polar surface area (TPSA) is 79.2 Å². The first kappa shape index (κ1) is 13.8. The number of hydrogen-bond acceptors (Lipinski definition) is 4. The maximum atomic E-state index is 12.3. The van der Waals surface area contributed by atoms with E-state index >= 15 is 0 Å². The third-order valence-corrected chi connectivity index (χ3v) is 4.01. The predicted octanol–water partition coefficient (Wildman–Crippen LogP) is 1.26. The third-order valence-electron chi connectivity index (χ3n) is 4.01. The Kier molecular flexibility index (Phi) is 3.47. The normalized spacial score (nSPS) is 21.2. The van der Waals surface area contributed by atoms with Gasteiger partial charge in [-0.2, -0.15) is 5.10 Å². The zero-order chi connectivity index (χ0) is 14.9. The van der Waals surface area contributed by atoms with Crippen molar-refractivity contribution in [3.63, 3.8) is 0 Å². The van der Waals surface area contributed by atoms with Crippen molar-refractivity contribution in [2.75, 3.05) is 13.2 Å². The summed E-state index contributed by atoms with van der Waals surface area (Å²) in [5.74, 6) is -1.28. The van der Waals surface area contributed by atoms with Crippen LogP contribution in [0.3, 0.4) is 0 Å². The summed E-state index contributed by atoms with van der Waals surface area (Å²) in [6.07, 6.45) is 0.666. The van der Waals surface area contributed by atoms with Crippen molar-refractivity contribution in [1.29, 1.82) is 0 Å². The van der Waals surface area contributed by atoms with Crippen LogP contribution in [0.4, 0.5) is 0 Å². The fraction of sp³-hybridized carbons (Fsp3) is 0.400. The summed E-state index contributed by atoms with van der Waals surface area (Å²) < 4.78 is 5.23. The highest BCUT2D eigenvalue weighted by Crippen LogP contribution is 2.32. The monoisotopic (exact) mass is 288 g/mol. The number of hydrogen-bond donors (Lipinski definition) is 1. The molecule has 0 aromatic heterocycles. The second-order valence-corrected chi connectivity index (χ2v) is 5.24. The van der Waals surface area contributed by atoms with Crippen molar-refractivity contribution < 1.29 is 19.4 Å². The number of rotatable bonds is 3. The summed E-state index contributed by atoms with van der Waals surface area (Å²) in [6.45, 7) is 0.651. The molecule has 0 spiro atoms. The van der Waals surface area contributed by atoms with Crippen molar-refractivity contribution >= 4 is 17.6 Å². The molecule has 6 nitrogen and oxygen atoms in total. The minimum Gasteiger partial charge on any atom is -0.479 e. The van der Waals surface area contributed by atoms with Gasteiger partial charge in [-0.15, -0.1) is 0 Å². The highest BCUT2D eigenvalue weighted by Gasteiger charge is 2.50. The fourth-order valence-corrected chi connectivity index (χ4v) is 2.78. The maximum Gasteiger partial charge on any atom is 0.331 e. The molecule has 21 heavy (non-hydrogen) atoms. The van der Waals surface area contributed by atoms with Crippen molar-refractivity contribution in [3.05, 3.63) is 35.9 Å².